The molecule has 1 aliphatic heterocycles. The molecule has 0 bridgehead atoms. The molecule has 1 aromatic rings. The third kappa shape index (κ3) is 3.17. The van der Waals surface area contributed by atoms with Crippen LogP contribution in [-0.4, -0.2) is 30.1 Å². The molecule has 88 valence electrons. The summed E-state index contributed by atoms with van der Waals surface area (Å²) in [5.41, 5.74) is 0. The predicted octanol–water partition coefficient (Wildman–Crippen LogP) is 2.37. The fourth-order valence-electron chi connectivity index (χ4n) is 1.49. The quantitative estimate of drug-likeness (QED) is 0.801. The van der Waals surface area contributed by atoms with E-state index in [1.165, 1.54) is 0 Å². The summed E-state index contributed by atoms with van der Waals surface area (Å²) in [5, 5.41) is 0. The van der Waals surface area contributed by atoms with Gasteiger partial charge in [-0.1, -0.05) is 6.07 Å². The molecule has 4 nitrogen and oxygen atoms in total. The highest BCUT2D eigenvalue weighted by Gasteiger charge is 2.32. The minimum absolute atomic E-state index is 0.0317. The molecular weight excluding hydrogens is 274 g/mol. The molecular formula is C11H14BrNO3. The second kappa shape index (κ2) is 4.69. The first-order valence-electron chi connectivity index (χ1n) is 5.12. The fourth-order valence-corrected chi connectivity index (χ4v) is 1.82. The third-order valence-electron chi connectivity index (χ3n) is 2.17. The highest BCUT2D eigenvalue weighted by Crippen LogP contribution is 2.22. The van der Waals surface area contributed by atoms with Gasteiger partial charge in [0.25, 0.3) is 0 Å². The van der Waals surface area contributed by atoms with Crippen LogP contribution < -0.4 is 4.74 Å². The molecule has 2 heterocycles. The Hall–Kier alpha value is -0.650. The topological polar surface area (TPSA) is 40.6 Å². The molecule has 0 amide bonds. The van der Waals surface area contributed by atoms with Crippen molar-refractivity contribution in [2.75, 3.05) is 13.2 Å². The van der Waals surface area contributed by atoms with E-state index in [4.69, 9.17) is 14.2 Å². The summed E-state index contributed by atoms with van der Waals surface area (Å²) in [4.78, 5) is 4.17. The molecule has 0 spiro atoms. The molecule has 0 aromatic carbocycles. The van der Waals surface area contributed by atoms with Crippen LogP contribution in [0.2, 0.25) is 0 Å². The van der Waals surface area contributed by atoms with Crippen LogP contribution in [0.3, 0.4) is 0 Å². The monoisotopic (exact) mass is 287 g/mol. The Balaban J connectivity index is 1.84. The van der Waals surface area contributed by atoms with Crippen molar-refractivity contribution in [1.82, 2.24) is 4.98 Å². The molecule has 0 N–H and O–H groups in total. The van der Waals surface area contributed by atoms with Crippen LogP contribution in [0, 0.1) is 0 Å². The average Bonchev–Trinajstić information content (AvgIpc) is 2.56. The second-order valence-electron chi connectivity index (χ2n) is 4.06. The van der Waals surface area contributed by atoms with Crippen LogP contribution in [0.4, 0.5) is 0 Å². The molecule has 1 saturated heterocycles. The molecule has 0 aliphatic carbocycles. The number of rotatable bonds is 3. The Morgan fingerprint density at radius 1 is 1.56 bits per heavy atom. The molecule has 0 radical (unpaired) electrons. The lowest BCUT2D eigenvalue weighted by Crippen LogP contribution is -2.25. The van der Waals surface area contributed by atoms with Gasteiger partial charge in [-0.05, 0) is 35.8 Å². The number of pyridine rings is 1. The number of halogens is 1. The summed E-state index contributed by atoms with van der Waals surface area (Å²) in [6.45, 7) is 4.79. The minimum Gasteiger partial charge on any atom is -0.475 e. The first kappa shape index (κ1) is 11.8. The summed E-state index contributed by atoms with van der Waals surface area (Å²) in [7, 11) is 0. The minimum atomic E-state index is -0.501. The van der Waals surface area contributed by atoms with Crippen molar-refractivity contribution in [2.45, 2.75) is 25.7 Å². The van der Waals surface area contributed by atoms with E-state index in [-0.39, 0.29) is 6.10 Å². The zero-order valence-electron chi connectivity index (χ0n) is 9.27. The van der Waals surface area contributed by atoms with Crippen molar-refractivity contribution >= 4 is 15.9 Å². The predicted molar refractivity (Wildman–Crippen MR) is 62.3 cm³/mol. The average molecular weight is 288 g/mol. The maximum Gasteiger partial charge on any atom is 0.214 e. The van der Waals surface area contributed by atoms with E-state index >= 15 is 0 Å². The van der Waals surface area contributed by atoms with Gasteiger partial charge in [0.15, 0.2) is 5.79 Å². The summed E-state index contributed by atoms with van der Waals surface area (Å²) in [5.74, 6) is 0.0846. The van der Waals surface area contributed by atoms with Gasteiger partial charge >= 0.3 is 0 Å². The molecule has 5 heteroatoms. The Morgan fingerprint density at radius 3 is 3.00 bits per heavy atom. The van der Waals surface area contributed by atoms with Gasteiger partial charge in [-0.3, -0.25) is 0 Å². The lowest BCUT2D eigenvalue weighted by molar-refractivity contribution is -0.141. The van der Waals surface area contributed by atoms with Gasteiger partial charge in [-0.2, -0.15) is 0 Å². The maximum atomic E-state index is 5.61. The molecule has 1 fully saturated rings. The normalized spacial score (nSPS) is 23.3. The lowest BCUT2D eigenvalue weighted by atomic mass is 10.4. The van der Waals surface area contributed by atoms with Gasteiger partial charge in [0, 0.05) is 6.07 Å². The van der Waals surface area contributed by atoms with Crippen LogP contribution in [0.15, 0.2) is 22.8 Å². The van der Waals surface area contributed by atoms with Crippen LogP contribution in [-0.2, 0) is 9.47 Å². The molecule has 2 rings (SSSR count). The standard InChI is InChI=1S/C11H14BrNO3/c1-11(2)15-7-8(16-11)6-14-10-5-3-4-9(12)13-10/h3-5,8H,6-7H2,1-2H3/t8-/m1/s1. The Morgan fingerprint density at radius 2 is 2.38 bits per heavy atom. The van der Waals surface area contributed by atoms with E-state index in [0.717, 1.165) is 4.60 Å². The molecule has 0 unspecified atom stereocenters. The van der Waals surface area contributed by atoms with E-state index in [1.54, 1.807) is 0 Å². The van der Waals surface area contributed by atoms with Crippen molar-refractivity contribution in [2.24, 2.45) is 0 Å². The summed E-state index contributed by atoms with van der Waals surface area (Å²) in [6.07, 6.45) is -0.0317. The maximum absolute atomic E-state index is 5.61. The Labute approximate surface area is 103 Å². The van der Waals surface area contributed by atoms with Gasteiger partial charge in [-0.25, -0.2) is 4.98 Å². The lowest BCUT2D eigenvalue weighted by Gasteiger charge is -2.17. The number of hydrogen-bond acceptors (Lipinski definition) is 4. The SMILES string of the molecule is CC1(C)OC[C@@H](COc2cccc(Br)n2)O1. The Bertz CT molecular complexity index is 370. The van der Waals surface area contributed by atoms with Gasteiger partial charge in [0.2, 0.25) is 5.88 Å². The molecule has 0 saturated carbocycles. The van der Waals surface area contributed by atoms with Gasteiger partial charge < -0.3 is 14.2 Å². The highest BCUT2D eigenvalue weighted by molar-refractivity contribution is 9.10. The van der Waals surface area contributed by atoms with Crippen molar-refractivity contribution in [3.63, 3.8) is 0 Å². The van der Waals surface area contributed by atoms with E-state index in [9.17, 15) is 0 Å². The molecule has 1 aliphatic rings. The zero-order chi connectivity index (χ0) is 11.6. The highest BCUT2D eigenvalue weighted by atomic mass is 79.9. The fraction of sp³-hybridized carbons (Fsp3) is 0.545. The van der Waals surface area contributed by atoms with Crippen molar-refractivity contribution in [3.8, 4) is 5.88 Å². The zero-order valence-corrected chi connectivity index (χ0v) is 10.9. The smallest absolute Gasteiger partial charge is 0.214 e. The van der Waals surface area contributed by atoms with Crippen LogP contribution >= 0.6 is 15.9 Å². The second-order valence-corrected chi connectivity index (χ2v) is 4.87. The summed E-state index contributed by atoms with van der Waals surface area (Å²) < 4.78 is 17.3. The van der Waals surface area contributed by atoms with Gasteiger partial charge in [-0.15, -0.1) is 0 Å². The Kier molecular flexibility index (Phi) is 3.47. The molecule has 16 heavy (non-hydrogen) atoms. The van der Waals surface area contributed by atoms with E-state index in [2.05, 4.69) is 20.9 Å². The van der Waals surface area contributed by atoms with Crippen molar-refractivity contribution < 1.29 is 14.2 Å². The van der Waals surface area contributed by atoms with Gasteiger partial charge in [0.1, 0.15) is 17.3 Å². The summed E-state index contributed by atoms with van der Waals surface area (Å²) >= 11 is 3.29. The van der Waals surface area contributed by atoms with Gasteiger partial charge in [0.05, 0.1) is 6.61 Å². The van der Waals surface area contributed by atoms with Crippen molar-refractivity contribution in [3.05, 3.63) is 22.8 Å². The third-order valence-corrected chi connectivity index (χ3v) is 2.62. The van der Waals surface area contributed by atoms with Crippen LogP contribution in [0.25, 0.3) is 0 Å². The van der Waals surface area contributed by atoms with E-state index < -0.39 is 5.79 Å². The summed E-state index contributed by atoms with van der Waals surface area (Å²) in [6, 6.07) is 5.54. The first-order valence-corrected chi connectivity index (χ1v) is 5.92. The van der Waals surface area contributed by atoms with E-state index in [0.29, 0.717) is 19.1 Å². The number of ether oxygens (including phenoxy) is 3. The van der Waals surface area contributed by atoms with Crippen LogP contribution in [0.5, 0.6) is 5.88 Å². The number of nitrogens with zero attached hydrogens (tertiary/aromatic N) is 1. The molecule has 1 atom stereocenters. The van der Waals surface area contributed by atoms with Crippen molar-refractivity contribution in [1.29, 1.82) is 0 Å². The first-order chi connectivity index (χ1) is 7.55. The van der Waals surface area contributed by atoms with Crippen LogP contribution in [0.1, 0.15) is 13.8 Å². The largest absolute Gasteiger partial charge is 0.475 e. The van der Waals surface area contributed by atoms with E-state index in [1.807, 2.05) is 32.0 Å². The molecule has 1 aromatic heterocycles. The number of hydrogen-bond donors (Lipinski definition) is 0. The number of aromatic nitrogens is 1.